The van der Waals surface area contributed by atoms with Gasteiger partial charge in [0.25, 0.3) is 0 Å². The average molecular weight is 742 g/mol. The molecule has 1 fully saturated rings. The number of ether oxygens (including phenoxy) is 4. The number of nitrogens with one attached hydrogen (secondary N) is 1. The van der Waals surface area contributed by atoms with Crippen LogP contribution in [0.1, 0.15) is 75.8 Å². The zero-order valence-electron chi connectivity index (χ0n) is 27.4. The van der Waals surface area contributed by atoms with Crippen LogP contribution < -0.4 is 10.1 Å². The van der Waals surface area contributed by atoms with Gasteiger partial charge in [0.2, 0.25) is 5.78 Å². The Labute approximate surface area is 292 Å². The maximum atomic E-state index is 13.9. The Morgan fingerprint density at radius 3 is 2.41 bits per heavy atom. The van der Waals surface area contributed by atoms with Gasteiger partial charge in [0.15, 0.2) is 17.9 Å². The fourth-order valence-electron chi connectivity index (χ4n) is 6.53. The Kier molecular flexibility index (Phi) is 10.7. The number of ketones is 3. The normalized spacial score (nSPS) is 25.7. The number of benzene rings is 2. The fraction of sp³-hybridized carbons (Fsp3) is 0.485. The number of esters is 1. The second kappa shape index (κ2) is 14.4. The molecule has 1 amide bonds. The summed E-state index contributed by atoms with van der Waals surface area (Å²) >= 11 is 0.823. The van der Waals surface area contributed by atoms with Crippen LogP contribution in [0.25, 0.3) is 0 Å². The molecule has 1 saturated heterocycles. The molecule has 2 aromatic rings. The summed E-state index contributed by atoms with van der Waals surface area (Å²) in [6, 6.07) is 2.61. The summed E-state index contributed by atoms with van der Waals surface area (Å²) in [4.78, 5) is 64.7. The first-order valence-electron chi connectivity index (χ1n) is 15.7. The van der Waals surface area contributed by atoms with E-state index in [0.717, 1.165) is 11.8 Å². The number of hydrogen-bond acceptors (Lipinski definition) is 14. The Morgan fingerprint density at radius 1 is 1.08 bits per heavy atom. The van der Waals surface area contributed by atoms with Crippen LogP contribution in [0.3, 0.4) is 0 Å². The summed E-state index contributed by atoms with van der Waals surface area (Å²) in [5.74, 6) is -7.95. The lowest BCUT2D eigenvalue weighted by atomic mass is 9.72. The highest BCUT2D eigenvalue weighted by atomic mass is 32.2. The molecule has 18 heteroatoms. The van der Waals surface area contributed by atoms with Gasteiger partial charge in [-0.2, -0.15) is 13.2 Å². The van der Waals surface area contributed by atoms with Crippen LogP contribution in [0.4, 0.5) is 13.2 Å². The van der Waals surface area contributed by atoms with E-state index in [-0.39, 0.29) is 40.4 Å². The van der Waals surface area contributed by atoms with Gasteiger partial charge in [-0.05, 0) is 19.9 Å². The number of carbonyl (C=O) groups excluding carboxylic acids is 5. The molecule has 0 spiro atoms. The highest BCUT2D eigenvalue weighted by Crippen LogP contribution is 2.52. The maximum Gasteiger partial charge on any atom is 0.471 e. The summed E-state index contributed by atoms with van der Waals surface area (Å²) in [5.41, 5.74) is -4.62. The molecule has 6 atom stereocenters. The zero-order chi connectivity index (χ0) is 37.6. The van der Waals surface area contributed by atoms with Crippen molar-refractivity contribution in [3.8, 4) is 17.2 Å². The average Bonchev–Trinajstić information content (AvgIpc) is 3.06. The molecule has 1 aliphatic heterocycles. The first-order valence-corrected chi connectivity index (χ1v) is 16.8. The van der Waals surface area contributed by atoms with Gasteiger partial charge in [0.1, 0.15) is 29.0 Å². The topological polar surface area (TPSA) is 215 Å². The van der Waals surface area contributed by atoms with Crippen LogP contribution >= 0.6 is 11.8 Å². The number of fused-ring (bicyclic) bond motifs is 3. The highest BCUT2D eigenvalue weighted by molar-refractivity contribution is 8.00. The molecule has 5 N–H and O–H groups in total. The molecule has 2 aliphatic carbocycles. The number of methoxy groups -OCH3 is 1. The number of amides is 1. The smallest absolute Gasteiger partial charge is 0.471 e. The third-order valence-electron chi connectivity index (χ3n) is 8.95. The van der Waals surface area contributed by atoms with Crippen molar-refractivity contribution in [1.82, 2.24) is 5.32 Å². The maximum absolute atomic E-state index is 13.9. The van der Waals surface area contributed by atoms with E-state index in [2.05, 4.69) is 0 Å². The third-order valence-corrected chi connectivity index (χ3v) is 9.86. The van der Waals surface area contributed by atoms with Crippen LogP contribution in [-0.4, -0.2) is 111 Å². The van der Waals surface area contributed by atoms with E-state index in [1.807, 2.05) is 0 Å². The molecule has 51 heavy (non-hydrogen) atoms. The van der Waals surface area contributed by atoms with Crippen molar-refractivity contribution >= 4 is 41.0 Å². The van der Waals surface area contributed by atoms with E-state index >= 15 is 0 Å². The van der Waals surface area contributed by atoms with E-state index in [4.69, 9.17) is 18.9 Å². The third kappa shape index (κ3) is 7.15. The van der Waals surface area contributed by atoms with Crippen molar-refractivity contribution in [3.05, 3.63) is 51.6 Å². The van der Waals surface area contributed by atoms with Gasteiger partial charge in [-0.15, -0.1) is 11.8 Å². The van der Waals surface area contributed by atoms with Crippen molar-refractivity contribution in [2.45, 2.75) is 75.5 Å². The van der Waals surface area contributed by atoms with Gasteiger partial charge in [0, 0.05) is 36.0 Å². The van der Waals surface area contributed by atoms with Crippen LogP contribution in [0.2, 0.25) is 0 Å². The lowest BCUT2D eigenvalue weighted by Crippen LogP contribution is -2.57. The van der Waals surface area contributed by atoms with Crippen LogP contribution in [-0.2, 0) is 35.0 Å². The standard InChI is InChI=1S/C33H34F3NO13S/c1-4-48-20(39)12-51-11-19(38)32(46)9-15-23(18(10-32)50-21-8-16(26(40)13(2)49-21)37-31(45)33(34,35)36)30(44)25-24(28(15)42)27(41)14-6-5-7-17(47-3)22(14)29(25)43/h5-7,13,16,18,21,26,40,42,44,46H,4,8-12H2,1-3H3,(H,37,45)/t13?,16?,18-,21?,26?,32-/m0/s1. The van der Waals surface area contributed by atoms with Gasteiger partial charge in [-0.1, -0.05) is 12.1 Å². The van der Waals surface area contributed by atoms with E-state index < -0.39 is 119 Å². The Bertz CT molecular complexity index is 1780. The van der Waals surface area contributed by atoms with Crippen LogP contribution in [0.15, 0.2) is 18.2 Å². The SMILES string of the molecule is CCOC(=O)CSCC(=O)[C@]1(O)Cc2c(O)c3c(c(O)c2[C@@H](OC2CC(NC(=O)C(F)(F)F)C(O)C(C)O2)C1)C(=O)c1c(OC)cccc1C3=O. The first-order chi connectivity index (χ1) is 23.9. The van der Waals surface area contributed by atoms with Gasteiger partial charge >= 0.3 is 18.1 Å². The van der Waals surface area contributed by atoms with E-state index in [1.54, 1.807) is 12.2 Å². The molecule has 276 valence electrons. The second-order valence-corrected chi connectivity index (χ2v) is 13.2. The summed E-state index contributed by atoms with van der Waals surface area (Å²) < 4.78 is 61.0. The number of carbonyl (C=O) groups is 5. The highest BCUT2D eigenvalue weighted by Gasteiger charge is 2.51. The molecule has 5 rings (SSSR count). The lowest BCUT2D eigenvalue weighted by Gasteiger charge is -2.43. The number of rotatable bonds is 10. The van der Waals surface area contributed by atoms with Crippen molar-refractivity contribution in [2.24, 2.45) is 0 Å². The number of halogens is 3. The number of aromatic hydroxyl groups is 2. The Balaban J connectivity index is 1.57. The molecule has 1 heterocycles. The van der Waals surface area contributed by atoms with E-state index in [1.165, 1.54) is 32.2 Å². The Morgan fingerprint density at radius 2 is 1.76 bits per heavy atom. The Hall–Kier alpha value is -4.23. The number of phenols is 2. The number of alkyl halides is 3. The number of phenolic OH excluding ortho intramolecular Hbond substituents is 2. The predicted molar refractivity (Wildman–Crippen MR) is 169 cm³/mol. The minimum absolute atomic E-state index is 0.00343. The van der Waals surface area contributed by atoms with Crippen molar-refractivity contribution in [1.29, 1.82) is 0 Å². The van der Waals surface area contributed by atoms with E-state index in [0.29, 0.717) is 0 Å². The zero-order valence-corrected chi connectivity index (χ0v) is 28.2. The molecule has 0 saturated carbocycles. The lowest BCUT2D eigenvalue weighted by molar-refractivity contribution is -0.250. The van der Waals surface area contributed by atoms with Gasteiger partial charge in [-0.25, -0.2) is 0 Å². The number of aliphatic hydroxyl groups is 2. The summed E-state index contributed by atoms with van der Waals surface area (Å²) in [6.07, 6.45) is -13.2. The second-order valence-electron chi connectivity index (χ2n) is 12.2. The molecule has 2 aromatic carbocycles. The summed E-state index contributed by atoms with van der Waals surface area (Å²) in [6.45, 7) is 2.98. The largest absolute Gasteiger partial charge is 0.507 e. The van der Waals surface area contributed by atoms with Crippen molar-refractivity contribution < 1.29 is 76.5 Å². The number of aliphatic hydroxyl groups excluding tert-OH is 1. The molecule has 3 aliphatic rings. The van der Waals surface area contributed by atoms with Crippen molar-refractivity contribution in [2.75, 3.05) is 25.2 Å². The number of Topliss-reactive ketones (excluding diaryl/α,β-unsaturated/α-hetero) is 1. The first kappa shape index (κ1) is 38.0. The molecular weight excluding hydrogens is 707 g/mol. The van der Waals surface area contributed by atoms with Gasteiger partial charge in [-0.3, -0.25) is 24.0 Å². The van der Waals surface area contributed by atoms with Crippen LogP contribution in [0, 0.1) is 0 Å². The minimum Gasteiger partial charge on any atom is -0.507 e. The molecule has 0 bridgehead atoms. The number of thioether (sulfide) groups is 1. The molecule has 0 radical (unpaired) electrons. The molecule has 0 aromatic heterocycles. The van der Waals surface area contributed by atoms with Crippen LogP contribution in [0.5, 0.6) is 17.2 Å². The predicted octanol–water partition coefficient (Wildman–Crippen LogP) is 2.03. The molecular formula is C33H34F3NO13S. The summed E-state index contributed by atoms with van der Waals surface area (Å²) in [5, 5.41) is 47.3. The van der Waals surface area contributed by atoms with Gasteiger partial charge < -0.3 is 44.7 Å². The summed E-state index contributed by atoms with van der Waals surface area (Å²) in [7, 11) is 1.26. The van der Waals surface area contributed by atoms with Gasteiger partial charge in [0.05, 0.1) is 60.2 Å². The van der Waals surface area contributed by atoms with E-state index in [9.17, 15) is 57.6 Å². The van der Waals surface area contributed by atoms with Crippen molar-refractivity contribution in [3.63, 3.8) is 0 Å². The quantitative estimate of drug-likeness (QED) is 0.149. The molecule has 4 unspecified atom stereocenters. The minimum atomic E-state index is -5.28. The molecule has 14 nitrogen and oxygen atoms in total. The fourth-order valence-corrected chi connectivity index (χ4v) is 7.33. The monoisotopic (exact) mass is 741 g/mol. The number of hydrogen-bond donors (Lipinski definition) is 5.